The quantitative estimate of drug-likeness (QED) is 0.674. The van der Waals surface area contributed by atoms with Gasteiger partial charge in [0.25, 0.3) is 0 Å². The van der Waals surface area contributed by atoms with Crippen molar-refractivity contribution in [3.63, 3.8) is 0 Å². The minimum atomic E-state index is -1.24. The maximum atomic E-state index is 10.4. The van der Waals surface area contributed by atoms with E-state index in [9.17, 15) is 9.90 Å². The Balaban J connectivity index is 2.87. The third-order valence-corrected chi connectivity index (χ3v) is 3.07. The van der Waals surface area contributed by atoms with Gasteiger partial charge in [0.15, 0.2) is 0 Å². The number of carbonyl (C=O) groups is 1. The van der Waals surface area contributed by atoms with E-state index in [2.05, 4.69) is 6.07 Å². The van der Waals surface area contributed by atoms with Crippen LogP contribution in [0.4, 0.5) is 0 Å². The molecule has 0 aromatic carbocycles. The second kappa shape index (κ2) is 4.07. The molecule has 0 saturated carbocycles. The number of hydrogen-bond acceptors (Lipinski definition) is 4. The predicted octanol–water partition coefficient (Wildman–Crippen LogP) is 0.647. The van der Waals surface area contributed by atoms with E-state index >= 15 is 0 Å². The summed E-state index contributed by atoms with van der Waals surface area (Å²) in [5.74, 6) is 0. The fourth-order valence-corrected chi connectivity index (χ4v) is 1.85. The average Bonchev–Trinajstić information content (AvgIpc) is 2.18. The molecule has 1 saturated heterocycles. The Bertz CT molecular complexity index is 249. The molecule has 1 aliphatic heterocycles. The summed E-state index contributed by atoms with van der Waals surface area (Å²) in [5, 5.41) is 19.2. The van der Waals surface area contributed by atoms with Crippen molar-refractivity contribution in [2.24, 2.45) is 5.41 Å². The van der Waals surface area contributed by atoms with E-state index in [4.69, 9.17) is 10.00 Å². The predicted molar refractivity (Wildman–Crippen MR) is 49.4 cm³/mol. The molecule has 1 fully saturated rings. The lowest BCUT2D eigenvalue weighted by atomic mass is 9.67. The molecule has 0 aliphatic carbocycles. The van der Waals surface area contributed by atoms with Gasteiger partial charge < -0.3 is 14.6 Å². The molecule has 1 aliphatic rings. The summed E-state index contributed by atoms with van der Waals surface area (Å²) in [4.78, 5) is 10.4. The topological polar surface area (TPSA) is 70.3 Å². The van der Waals surface area contributed by atoms with E-state index in [0.717, 1.165) is 0 Å². The Morgan fingerprint density at radius 1 is 1.64 bits per heavy atom. The number of nitriles is 1. The molecule has 0 radical (unpaired) electrons. The van der Waals surface area contributed by atoms with E-state index in [1.807, 2.05) is 0 Å². The fourth-order valence-electron chi connectivity index (χ4n) is 1.85. The van der Waals surface area contributed by atoms with Gasteiger partial charge in [0.1, 0.15) is 6.29 Å². The van der Waals surface area contributed by atoms with Crippen molar-refractivity contribution in [3.05, 3.63) is 0 Å². The van der Waals surface area contributed by atoms with Crippen LogP contribution in [-0.2, 0) is 9.53 Å². The highest BCUT2D eigenvalue weighted by molar-refractivity contribution is 5.52. The third kappa shape index (κ3) is 1.79. The number of aliphatic hydroxyl groups is 1. The van der Waals surface area contributed by atoms with Crippen LogP contribution in [0.3, 0.4) is 0 Å². The van der Waals surface area contributed by atoms with Gasteiger partial charge in [-0.15, -0.1) is 0 Å². The summed E-state index contributed by atoms with van der Waals surface area (Å²) in [7, 11) is 0. The molecule has 14 heavy (non-hydrogen) atoms. The first-order chi connectivity index (χ1) is 6.58. The molecule has 0 amide bonds. The van der Waals surface area contributed by atoms with Crippen molar-refractivity contribution < 1.29 is 14.6 Å². The summed E-state index contributed by atoms with van der Waals surface area (Å²) in [6.07, 6.45) is 1.64. The standard InChI is InChI=1S/C10H15NO3/c1-9(13,2-5-12)10(8-11)3-6-14-7-4-10/h5,13H,2-4,6-7H2,1H3. The molecule has 1 atom stereocenters. The normalized spacial score (nSPS) is 24.6. The molecule has 1 N–H and O–H groups in total. The van der Waals surface area contributed by atoms with Crippen molar-refractivity contribution in [1.82, 2.24) is 0 Å². The van der Waals surface area contributed by atoms with Gasteiger partial charge in [-0.05, 0) is 19.8 Å². The number of ether oxygens (including phenoxy) is 1. The third-order valence-electron chi connectivity index (χ3n) is 3.07. The summed E-state index contributed by atoms with van der Waals surface area (Å²) in [5.41, 5.74) is -2.07. The molecule has 0 spiro atoms. The van der Waals surface area contributed by atoms with E-state index in [-0.39, 0.29) is 6.42 Å². The van der Waals surface area contributed by atoms with Gasteiger partial charge in [0, 0.05) is 19.6 Å². The average molecular weight is 197 g/mol. The van der Waals surface area contributed by atoms with Crippen LogP contribution in [0.1, 0.15) is 26.2 Å². The smallest absolute Gasteiger partial charge is 0.122 e. The maximum absolute atomic E-state index is 10.4. The SMILES string of the molecule is CC(O)(CC=O)C1(C#N)CCOCC1. The fraction of sp³-hybridized carbons (Fsp3) is 0.800. The molecule has 4 heteroatoms. The van der Waals surface area contributed by atoms with Gasteiger partial charge >= 0.3 is 0 Å². The lowest BCUT2D eigenvalue weighted by Gasteiger charge is -2.41. The lowest BCUT2D eigenvalue weighted by molar-refractivity contribution is -0.123. The monoisotopic (exact) mass is 197 g/mol. The zero-order valence-electron chi connectivity index (χ0n) is 8.32. The largest absolute Gasteiger partial charge is 0.388 e. The summed E-state index contributed by atoms with van der Waals surface area (Å²) < 4.78 is 5.15. The minimum absolute atomic E-state index is 0.000556. The summed E-state index contributed by atoms with van der Waals surface area (Å²) in [6.45, 7) is 2.50. The Hall–Kier alpha value is -0.920. The van der Waals surface area contributed by atoms with Crippen LogP contribution >= 0.6 is 0 Å². The van der Waals surface area contributed by atoms with Crippen LogP contribution in [0.2, 0.25) is 0 Å². The Morgan fingerprint density at radius 2 is 2.21 bits per heavy atom. The number of hydrogen-bond donors (Lipinski definition) is 1. The van der Waals surface area contributed by atoms with E-state index in [1.165, 1.54) is 0 Å². The molecule has 0 aromatic heterocycles. The molecular weight excluding hydrogens is 182 g/mol. The van der Waals surface area contributed by atoms with Crippen molar-refractivity contribution in [2.75, 3.05) is 13.2 Å². The van der Waals surface area contributed by atoms with Gasteiger partial charge in [-0.25, -0.2) is 0 Å². The first-order valence-electron chi connectivity index (χ1n) is 4.73. The Labute approximate surface area is 83.5 Å². The summed E-state index contributed by atoms with van der Waals surface area (Å²) in [6, 6.07) is 2.15. The number of carbonyl (C=O) groups excluding carboxylic acids is 1. The van der Waals surface area contributed by atoms with Crippen molar-refractivity contribution in [2.45, 2.75) is 31.8 Å². The van der Waals surface area contributed by atoms with Gasteiger partial charge in [0.05, 0.1) is 17.1 Å². The number of rotatable bonds is 3. The molecule has 4 nitrogen and oxygen atoms in total. The lowest BCUT2D eigenvalue weighted by Crippen LogP contribution is -2.48. The minimum Gasteiger partial charge on any atom is -0.388 e. The molecule has 1 rings (SSSR count). The van der Waals surface area contributed by atoms with Gasteiger partial charge in [0.2, 0.25) is 0 Å². The van der Waals surface area contributed by atoms with Crippen molar-refractivity contribution >= 4 is 6.29 Å². The molecule has 1 unspecified atom stereocenters. The van der Waals surface area contributed by atoms with Crippen LogP contribution in [-0.4, -0.2) is 30.2 Å². The van der Waals surface area contributed by atoms with E-state index in [0.29, 0.717) is 32.3 Å². The van der Waals surface area contributed by atoms with Crippen molar-refractivity contribution in [1.29, 1.82) is 5.26 Å². The van der Waals surface area contributed by atoms with Gasteiger partial charge in [-0.2, -0.15) is 5.26 Å². The first-order valence-corrected chi connectivity index (χ1v) is 4.73. The first kappa shape index (κ1) is 11.2. The van der Waals surface area contributed by atoms with E-state index < -0.39 is 11.0 Å². The molecular formula is C10H15NO3. The van der Waals surface area contributed by atoms with Crippen LogP contribution < -0.4 is 0 Å². The van der Waals surface area contributed by atoms with Gasteiger partial charge in [-0.1, -0.05) is 0 Å². The summed E-state index contributed by atoms with van der Waals surface area (Å²) >= 11 is 0. The van der Waals surface area contributed by atoms with Crippen LogP contribution in [0, 0.1) is 16.7 Å². The van der Waals surface area contributed by atoms with Crippen LogP contribution in [0.25, 0.3) is 0 Å². The van der Waals surface area contributed by atoms with Crippen LogP contribution in [0.15, 0.2) is 0 Å². The van der Waals surface area contributed by atoms with Gasteiger partial charge in [-0.3, -0.25) is 0 Å². The molecule has 0 aromatic rings. The van der Waals surface area contributed by atoms with Crippen LogP contribution in [0.5, 0.6) is 0 Å². The highest BCUT2D eigenvalue weighted by Gasteiger charge is 2.48. The molecule has 0 bridgehead atoms. The second-order valence-corrected chi connectivity index (χ2v) is 3.95. The van der Waals surface area contributed by atoms with E-state index in [1.54, 1.807) is 6.92 Å². The highest BCUT2D eigenvalue weighted by atomic mass is 16.5. The molecule has 1 heterocycles. The zero-order chi connectivity index (χ0) is 10.7. The Morgan fingerprint density at radius 3 is 2.64 bits per heavy atom. The maximum Gasteiger partial charge on any atom is 0.122 e. The molecule has 78 valence electrons. The van der Waals surface area contributed by atoms with Crippen molar-refractivity contribution in [3.8, 4) is 6.07 Å². The zero-order valence-corrected chi connectivity index (χ0v) is 8.32. The second-order valence-electron chi connectivity index (χ2n) is 3.95. The Kier molecular flexibility index (Phi) is 3.25. The number of aldehydes is 1. The highest BCUT2D eigenvalue weighted by Crippen LogP contribution is 2.41. The number of nitrogens with zero attached hydrogens (tertiary/aromatic N) is 1.